The number of aromatic nitrogens is 1. The largest absolute Gasteiger partial charge is 0.461 e. The minimum Gasteiger partial charge on any atom is -0.461 e. The zero-order chi connectivity index (χ0) is 13.7. The highest BCUT2D eigenvalue weighted by atomic mass is 16.5. The molecule has 1 aromatic carbocycles. The van der Waals surface area contributed by atoms with Crippen molar-refractivity contribution in [2.75, 3.05) is 0 Å². The van der Waals surface area contributed by atoms with Gasteiger partial charge < -0.3 is 4.74 Å². The SMILES string of the molecule is CC(=O)O[C@H]1C[C@H]2c3ccccc3[C@@H]1c1cccc[n+]12. The van der Waals surface area contributed by atoms with Gasteiger partial charge in [0.1, 0.15) is 12.0 Å². The molecule has 3 atom stereocenters. The first-order chi connectivity index (χ1) is 9.75. The minimum absolute atomic E-state index is 0.0465. The molecule has 5 rings (SSSR count). The van der Waals surface area contributed by atoms with Crippen molar-refractivity contribution < 1.29 is 14.1 Å². The Bertz CT molecular complexity index is 647. The van der Waals surface area contributed by atoms with Crippen molar-refractivity contribution in [1.29, 1.82) is 0 Å². The molecule has 3 nitrogen and oxygen atoms in total. The van der Waals surface area contributed by atoms with E-state index in [1.165, 1.54) is 23.7 Å². The van der Waals surface area contributed by atoms with Crippen molar-refractivity contribution in [3.63, 3.8) is 0 Å². The molecule has 3 heteroatoms. The highest BCUT2D eigenvalue weighted by molar-refractivity contribution is 5.66. The summed E-state index contributed by atoms with van der Waals surface area (Å²) in [4.78, 5) is 11.4. The van der Waals surface area contributed by atoms with Crippen LogP contribution in [0.15, 0.2) is 48.7 Å². The third-order valence-corrected chi connectivity index (χ3v) is 4.41. The Kier molecular flexibility index (Phi) is 2.43. The van der Waals surface area contributed by atoms with Gasteiger partial charge in [-0.2, -0.15) is 4.57 Å². The van der Waals surface area contributed by atoms with Crippen LogP contribution >= 0.6 is 0 Å². The van der Waals surface area contributed by atoms with Crippen LogP contribution < -0.4 is 4.57 Å². The first-order valence-corrected chi connectivity index (χ1v) is 7.02. The first kappa shape index (κ1) is 11.6. The van der Waals surface area contributed by atoms with E-state index in [2.05, 4.69) is 53.2 Å². The van der Waals surface area contributed by atoms with Crippen LogP contribution in [0.2, 0.25) is 0 Å². The summed E-state index contributed by atoms with van der Waals surface area (Å²) in [5.41, 5.74) is 3.92. The van der Waals surface area contributed by atoms with Crippen LogP contribution in [0.3, 0.4) is 0 Å². The van der Waals surface area contributed by atoms with Crippen molar-refractivity contribution in [2.45, 2.75) is 31.4 Å². The summed E-state index contributed by atoms with van der Waals surface area (Å²) in [5, 5.41) is 0. The monoisotopic (exact) mass is 266 g/mol. The predicted molar refractivity (Wildman–Crippen MR) is 73.2 cm³/mol. The van der Waals surface area contributed by atoms with Crippen LogP contribution in [0.1, 0.15) is 42.1 Å². The lowest BCUT2D eigenvalue weighted by Gasteiger charge is -2.39. The number of fused-ring (bicyclic) bond motifs is 1. The number of rotatable bonds is 1. The smallest absolute Gasteiger partial charge is 0.302 e. The molecule has 20 heavy (non-hydrogen) atoms. The molecule has 0 unspecified atom stereocenters. The lowest BCUT2D eigenvalue weighted by Crippen LogP contribution is -2.56. The van der Waals surface area contributed by atoms with E-state index in [0.29, 0.717) is 0 Å². The topological polar surface area (TPSA) is 30.2 Å². The van der Waals surface area contributed by atoms with E-state index in [1.807, 2.05) is 0 Å². The Morgan fingerprint density at radius 2 is 1.90 bits per heavy atom. The lowest BCUT2D eigenvalue weighted by molar-refractivity contribution is -0.732. The standard InChI is InChI=1S/C17H16NO2/c1-11(19)20-16-10-15-12-6-2-3-7-13(12)17(16)14-8-4-5-9-18(14)15/h2-9,15-17H,10H2,1H3/q+1/t15-,16-,17+/m0/s1. The van der Waals surface area contributed by atoms with E-state index in [1.54, 1.807) is 0 Å². The van der Waals surface area contributed by atoms with Crippen LogP contribution in [0, 0.1) is 0 Å². The molecule has 2 aromatic rings. The Labute approximate surface area is 117 Å². The summed E-state index contributed by atoms with van der Waals surface area (Å²) in [6, 6.07) is 15.0. The van der Waals surface area contributed by atoms with Gasteiger partial charge in [-0.05, 0) is 5.56 Å². The van der Waals surface area contributed by atoms with Gasteiger partial charge >= 0.3 is 5.97 Å². The fourth-order valence-electron chi connectivity index (χ4n) is 3.74. The minimum atomic E-state index is -0.192. The highest BCUT2D eigenvalue weighted by Crippen LogP contribution is 2.45. The second-order valence-electron chi connectivity index (χ2n) is 5.54. The molecule has 0 saturated carbocycles. The maximum atomic E-state index is 11.4. The molecule has 100 valence electrons. The number of nitrogens with zero attached hydrogens (tertiary/aromatic N) is 1. The molecule has 1 aromatic heterocycles. The van der Waals surface area contributed by atoms with Gasteiger partial charge in [-0.25, -0.2) is 0 Å². The van der Waals surface area contributed by atoms with E-state index < -0.39 is 0 Å². The van der Waals surface area contributed by atoms with Crippen molar-refractivity contribution in [3.8, 4) is 0 Å². The van der Waals surface area contributed by atoms with E-state index in [-0.39, 0.29) is 24.0 Å². The van der Waals surface area contributed by atoms with Crippen molar-refractivity contribution in [3.05, 3.63) is 65.5 Å². The maximum Gasteiger partial charge on any atom is 0.302 e. The van der Waals surface area contributed by atoms with Crippen molar-refractivity contribution in [1.82, 2.24) is 0 Å². The predicted octanol–water partition coefficient (Wildman–Crippen LogP) is 2.34. The number of hydrogen-bond acceptors (Lipinski definition) is 2. The lowest BCUT2D eigenvalue weighted by atomic mass is 9.72. The number of ether oxygens (including phenoxy) is 1. The molecule has 0 amide bonds. The molecule has 3 heterocycles. The summed E-state index contributed by atoms with van der Waals surface area (Å²) in [5.74, 6) is -0.0381. The van der Waals surface area contributed by atoms with Gasteiger partial charge in [0.05, 0.1) is 6.42 Å². The fourth-order valence-corrected chi connectivity index (χ4v) is 3.74. The Morgan fingerprint density at radius 3 is 2.70 bits per heavy atom. The first-order valence-electron chi connectivity index (χ1n) is 7.02. The average molecular weight is 266 g/mol. The zero-order valence-corrected chi connectivity index (χ0v) is 11.3. The van der Waals surface area contributed by atoms with E-state index in [4.69, 9.17) is 4.74 Å². The molecule has 0 fully saturated rings. The molecule has 0 spiro atoms. The molecule has 1 aliphatic carbocycles. The van der Waals surface area contributed by atoms with Crippen LogP contribution in [-0.4, -0.2) is 12.1 Å². The third-order valence-electron chi connectivity index (χ3n) is 4.41. The average Bonchev–Trinajstić information content (AvgIpc) is 2.47. The van der Waals surface area contributed by atoms with Crippen LogP contribution in [-0.2, 0) is 9.53 Å². The fraction of sp³-hybridized carbons (Fsp3) is 0.294. The zero-order valence-electron chi connectivity index (χ0n) is 11.3. The third kappa shape index (κ3) is 1.52. The van der Waals surface area contributed by atoms with E-state index >= 15 is 0 Å². The maximum absolute atomic E-state index is 11.4. The van der Waals surface area contributed by atoms with Gasteiger partial charge in [0, 0.05) is 24.6 Å². The Morgan fingerprint density at radius 1 is 1.15 bits per heavy atom. The molecule has 0 radical (unpaired) electrons. The second kappa shape index (κ2) is 4.17. The number of pyridine rings is 1. The molecular weight excluding hydrogens is 250 g/mol. The summed E-state index contributed by atoms with van der Waals surface area (Å²) in [6.07, 6.45) is 2.95. The van der Waals surface area contributed by atoms with Crippen molar-refractivity contribution in [2.24, 2.45) is 0 Å². The molecule has 0 saturated heterocycles. The van der Waals surface area contributed by atoms with Gasteiger partial charge in [-0.15, -0.1) is 0 Å². The summed E-state index contributed by atoms with van der Waals surface area (Å²) >= 11 is 0. The van der Waals surface area contributed by atoms with Crippen LogP contribution in [0.25, 0.3) is 0 Å². The summed E-state index contributed by atoms with van der Waals surface area (Å²) in [6.45, 7) is 1.49. The highest BCUT2D eigenvalue weighted by Gasteiger charge is 2.50. The number of benzene rings is 1. The van der Waals surface area contributed by atoms with Gasteiger partial charge in [-0.1, -0.05) is 30.3 Å². The van der Waals surface area contributed by atoms with E-state index in [0.717, 1.165) is 6.42 Å². The van der Waals surface area contributed by atoms with Crippen LogP contribution in [0.5, 0.6) is 0 Å². The summed E-state index contributed by atoms with van der Waals surface area (Å²) in [7, 11) is 0. The van der Waals surface area contributed by atoms with Gasteiger partial charge in [0.25, 0.3) is 0 Å². The number of carbonyl (C=O) groups excluding carboxylic acids is 1. The van der Waals surface area contributed by atoms with Gasteiger partial charge in [-0.3, -0.25) is 4.79 Å². The molecule has 0 N–H and O–H groups in total. The number of esters is 1. The quantitative estimate of drug-likeness (QED) is 0.586. The number of hydrogen-bond donors (Lipinski definition) is 0. The van der Waals surface area contributed by atoms with E-state index in [9.17, 15) is 4.79 Å². The number of carbonyl (C=O) groups is 1. The van der Waals surface area contributed by atoms with Gasteiger partial charge in [0.2, 0.25) is 0 Å². The Balaban J connectivity index is 1.91. The van der Waals surface area contributed by atoms with Crippen molar-refractivity contribution >= 4 is 5.97 Å². The normalized spacial score (nSPS) is 25.8. The summed E-state index contributed by atoms with van der Waals surface area (Å²) < 4.78 is 7.91. The molecular formula is C17H16NO2+. The van der Waals surface area contributed by atoms with Crippen LogP contribution in [0.4, 0.5) is 0 Å². The Hall–Kier alpha value is -2.16. The second-order valence-corrected chi connectivity index (χ2v) is 5.54. The molecule has 2 bridgehead atoms. The molecule has 2 aliphatic heterocycles. The van der Waals surface area contributed by atoms with Gasteiger partial charge in [0.15, 0.2) is 17.9 Å². The molecule has 3 aliphatic rings.